The predicted molar refractivity (Wildman–Crippen MR) is 77.2 cm³/mol. The van der Waals surface area contributed by atoms with Crippen molar-refractivity contribution in [3.8, 4) is 5.75 Å². The largest absolute Gasteiger partial charge is 0.482 e. The molecule has 1 aliphatic heterocycles. The number of nitrogens with two attached hydrogens (primary N) is 1. The van der Waals surface area contributed by atoms with Gasteiger partial charge in [0.25, 0.3) is 0 Å². The first-order valence-electron chi connectivity index (χ1n) is 6.87. The van der Waals surface area contributed by atoms with Gasteiger partial charge in [0.05, 0.1) is 0 Å². The summed E-state index contributed by atoms with van der Waals surface area (Å²) in [5, 5.41) is 0. The van der Waals surface area contributed by atoms with Crippen LogP contribution in [0, 0.1) is 0 Å². The molecule has 1 heterocycles. The van der Waals surface area contributed by atoms with Crippen LogP contribution < -0.4 is 10.5 Å². The number of hydrogen-bond acceptors (Lipinski definition) is 2. The quantitative estimate of drug-likeness (QED) is 0.911. The monoisotopic (exact) mass is 253 g/mol. The third-order valence-corrected chi connectivity index (χ3v) is 3.92. The van der Waals surface area contributed by atoms with Crippen LogP contribution in [0.4, 0.5) is 0 Å². The highest BCUT2D eigenvalue weighted by atomic mass is 16.5. The van der Waals surface area contributed by atoms with Crippen molar-refractivity contribution in [2.45, 2.75) is 24.9 Å². The van der Waals surface area contributed by atoms with Crippen molar-refractivity contribution in [2.75, 3.05) is 6.54 Å². The van der Waals surface area contributed by atoms with Crippen LogP contribution in [-0.2, 0) is 12.0 Å². The molecule has 1 unspecified atom stereocenters. The van der Waals surface area contributed by atoms with Gasteiger partial charge in [-0.3, -0.25) is 0 Å². The van der Waals surface area contributed by atoms with Crippen LogP contribution in [0.3, 0.4) is 0 Å². The van der Waals surface area contributed by atoms with Crippen molar-refractivity contribution in [1.82, 2.24) is 0 Å². The Balaban J connectivity index is 2.00. The minimum absolute atomic E-state index is 0.260. The summed E-state index contributed by atoms with van der Waals surface area (Å²) in [6.07, 6.45) is 2.89. The van der Waals surface area contributed by atoms with E-state index in [1.807, 2.05) is 12.1 Å². The van der Waals surface area contributed by atoms with Crippen LogP contribution in [0.2, 0.25) is 0 Å². The lowest BCUT2D eigenvalue weighted by Gasteiger charge is -2.39. The lowest BCUT2D eigenvalue weighted by atomic mass is 9.82. The number of hydrogen-bond donors (Lipinski definition) is 1. The van der Waals surface area contributed by atoms with E-state index < -0.39 is 0 Å². The minimum Gasteiger partial charge on any atom is -0.482 e. The lowest BCUT2D eigenvalue weighted by Crippen LogP contribution is -2.38. The SMILES string of the molecule is NCCC1(c2ccccc2)CCc2ccccc2O1. The molecule has 0 saturated heterocycles. The van der Waals surface area contributed by atoms with E-state index in [1.54, 1.807) is 0 Å². The van der Waals surface area contributed by atoms with E-state index in [1.165, 1.54) is 11.1 Å². The highest BCUT2D eigenvalue weighted by Gasteiger charge is 2.37. The summed E-state index contributed by atoms with van der Waals surface area (Å²) >= 11 is 0. The molecule has 19 heavy (non-hydrogen) atoms. The third-order valence-electron chi connectivity index (χ3n) is 3.92. The molecule has 2 N–H and O–H groups in total. The van der Waals surface area contributed by atoms with Crippen molar-refractivity contribution < 1.29 is 4.74 Å². The predicted octanol–water partition coefficient (Wildman–Crippen LogP) is 3.26. The van der Waals surface area contributed by atoms with Crippen molar-refractivity contribution in [3.05, 3.63) is 65.7 Å². The lowest BCUT2D eigenvalue weighted by molar-refractivity contribution is 0.0362. The van der Waals surface area contributed by atoms with Crippen LogP contribution in [0.5, 0.6) is 5.75 Å². The Bertz CT molecular complexity index is 552. The molecular formula is C17H19NO. The van der Waals surface area contributed by atoms with Gasteiger partial charge in [-0.1, -0.05) is 48.5 Å². The topological polar surface area (TPSA) is 35.2 Å². The van der Waals surface area contributed by atoms with Crippen LogP contribution >= 0.6 is 0 Å². The summed E-state index contributed by atoms with van der Waals surface area (Å²) < 4.78 is 6.37. The van der Waals surface area contributed by atoms with Gasteiger partial charge < -0.3 is 10.5 Å². The molecule has 1 aliphatic rings. The highest BCUT2D eigenvalue weighted by molar-refractivity contribution is 5.38. The summed E-state index contributed by atoms with van der Waals surface area (Å²) in [6, 6.07) is 18.8. The molecule has 0 aliphatic carbocycles. The molecule has 0 bridgehead atoms. The number of benzene rings is 2. The summed E-state index contributed by atoms with van der Waals surface area (Å²) in [5.41, 5.74) is 8.09. The fraction of sp³-hybridized carbons (Fsp3) is 0.294. The molecule has 2 aromatic rings. The molecule has 0 saturated carbocycles. The standard InChI is InChI=1S/C17H19NO/c18-13-12-17(15-7-2-1-3-8-15)11-10-14-6-4-5-9-16(14)19-17/h1-9H,10-13,18H2. The zero-order valence-corrected chi connectivity index (χ0v) is 11.0. The highest BCUT2D eigenvalue weighted by Crippen LogP contribution is 2.41. The van der Waals surface area contributed by atoms with Gasteiger partial charge >= 0.3 is 0 Å². The number of para-hydroxylation sites is 1. The van der Waals surface area contributed by atoms with Gasteiger partial charge in [-0.05, 0) is 36.6 Å². The summed E-state index contributed by atoms with van der Waals surface area (Å²) in [4.78, 5) is 0. The molecule has 0 amide bonds. The van der Waals surface area contributed by atoms with Crippen molar-refractivity contribution in [1.29, 1.82) is 0 Å². The first-order chi connectivity index (χ1) is 9.34. The fourth-order valence-electron chi connectivity index (χ4n) is 2.91. The van der Waals surface area contributed by atoms with E-state index >= 15 is 0 Å². The van der Waals surface area contributed by atoms with Gasteiger partial charge in [-0.25, -0.2) is 0 Å². The van der Waals surface area contributed by atoms with E-state index in [9.17, 15) is 0 Å². The number of fused-ring (bicyclic) bond motifs is 1. The molecule has 3 rings (SSSR count). The summed E-state index contributed by atoms with van der Waals surface area (Å²) in [5.74, 6) is 1.01. The smallest absolute Gasteiger partial charge is 0.135 e. The first-order valence-corrected chi connectivity index (χ1v) is 6.87. The zero-order chi connectivity index (χ0) is 13.1. The normalized spacial score (nSPS) is 21.5. The molecule has 2 nitrogen and oxygen atoms in total. The fourth-order valence-corrected chi connectivity index (χ4v) is 2.91. The molecule has 0 spiro atoms. The maximum Gasteiger partial charge on any atom is 0.135 e. The van der Waals surface area contributed by atoms with Crippen molar-refractivity contribution in [3.63, 3.8) is 0 Å². The molecule has 0 fully saturated rings. The van der Waals surface area contributed by atoms with Gasteiger partial charge in [-0.2, -0.15) is 0 Å². The van der Waals surface area contributed by atoms with E-state index in [0.717, 1.165) is 25.0 Å². The van der Waals surface area contributed by atoms with Crippen LogP contribution in [0.1, 0.15) is 24.0 Å². The molecule has 1 atom stereocenters. The van der Waals surface area contributed by atoms with Gasteiger partial charge in [0.1, 0.15) is 11.4 Å². The molecule has 0 aromatic heterocycles. The second-order valence-electron chi connectivity index (χ2n) is 5.11. The molecule has 98 valence electrons. The second-order valence-corrected chi connectivity index (χ2v) is 5.11. The summed E-state index contributed by atoms with van der Waals surface area (Å²) in [6.45, 7) is 0.636. The first kappa shape index (κ1) is 12.2. The maximum atomic E-state index is 6.37. The van der Waals surface area contributed by atoms with E-state index in [-0.39, 0.29) is 5.60 Å². The van der Waals surface area contributed by atoms with Gasteiger partial charge in [0.15, 0.2) is 0 Å². The minimum atomic E-state index is -0.260. The van der Waals surface area contributed by atoms with E-state index in [2.05, 4.69) is 42.5 Å². The van der Waals surface area contributed by atoms with Gasteiger partial charge in [0.2, 0.25) is 0 Å². The van der Waals surface area contributed by atoms with Gasteiger partial charge in [-0.15, -0.1) is 0 Å². The Labute approximate surface area is 114 Å². The summed E-state index contributed by atoms with van der Waals surface area (Å²) in [7, 11) is 0. The number of aryl methyl sites for hydroxylation is 1. The molecular weight excluding hydrogens is 234 g/mol. The number of rotatable bonds is 3. The third kappa shape index (κ3) is 2.24. The second kappa shape index (κ2) is 5.06. The van der Waals surface area contributed by atoms with Crippen LogP contribution in [0.25, 0.3) is 0 Å². The molecule has 2 aromatic carbocycles. The van der Waals surface area contributed by atoms with E-state index in [4.69, 9.17) is 10.5 Å². The van der Waals surface area contributed by atoms with Crippen molar-refractivity contribution in [2.24, 2.45) is 5.73 Å². The molecule has 0 radical (unpaired) electrons. The Morgan fingerprint density at radius 1 is 1.00 bits per heavy atom. The average Bonchev–Trinajstić information content (AvgIpc) is 2.48. The zero-order valence-electron chi connectivity index (χ0n) is 11.0. The average molecular weight is 253 g/mol. The molecule has 2 heteroatoms. The Morgan fingerprint density at radius 2 is 1.74 bits per heavy atom. The Morgan fingerprint density at radius 3 is 2.53 bits per heavy atom. The Kier molecular flexibility index (Phi) is 3.26. The van der Waals surface area contributed by atoms with Gasteiger partial charge in [0, 0.05) is 6.42 Å². The maximum absolute atomic E-state index is 6.37. The van der Waals surface area contributed by atoms with Crippen LogP contribution in [0.15, 0.2) is 54.6 Å². The van der Waals surface area contributed by atoms with Crippen LogP contribution in [-0.4, -0.2) is 6.54 Å². The number of ether oxygens (including phenoxy) is 1. The Hall–Kier alpha value is -1.80. The van der Waals surface area contributed by atoms with E-state index in [0.29, 0.717) is 6.54 Å². The van der Waals surface area contributed by atoms with Crippen molar-refractivity contribution >= 4 is 0 Å².